The van der Waals surface area contributed by atoms with Crippen molar-refractivity contribution in [2.45, 2.75) is 45.6 Å². The highest BCUT2D eigenvalue weighted by atomic mass is 16.5. The number of carbonyl (C=O) groups is 1. The van der Waals surface area contributed by atoms with Crippen LogP contribution in [0.2, 0.25) is 0 Å². The number of urea groups is 1. The largest absolute Gasteiger partial charge is 0.493 e. The summed E-state index contributed by atoms with van der Waals surface area (Å²) in [6, 6.07) is 11.9. The number of benzene rings is 2. The molecule has 1 atom stereocenters. The SMILES string of the molecule is COc1cc2c(cc1OC)[C@H](C)N(C(=O)Nc1ccc(C(C)(C)C)cc1)CC2. The van der Waals surface area contributed by atoms with Crippen molar-refractivity contribution in [2.75, 3.05) is 26.1 Å². The van der Waals surface area contributed by atoms with Crippen LogP contribution in [0.5, 0.6) is 11.5 Å². The van der Waals surface area contributed by atoms with Gasteiger partial charge in [0.1, 0.15) is 0 Å². The first kappa shape index (κ1) is 20.1. The number of anilines is 1. The lowest BCUT2D eigenvalue weighted by atomic mass is 9.87. The van der Waals surface area contributed by atoms with Crippen LogP contribution in [-0.2, 0) is 11.8 Å². The van der Waals surface area contributed by atoms with Crippen LogP contribution in [0.1, 0.15) is 50.4 Å². The highest BCUT2D eigenvalue weighted by Gasteiger charge is 2.29. The van der Waals surface area contributed by atoms with E-state index in [1.165, 1.54) is 11.1 Å². The summed E-state index contributed by atoms with van der Waals surface area (Å²) >= 11 is 0. The van der Waals surface area contributed by atoms with E-state index >= 15 is 0 Å². The minimum atomic E-state index is -0.0866. The van der Waals surface area contributed by atoms with Crippen LogP contribution in [0.3, 0.4) is 0 Å². The summed E-state index contributed by atoms with van der Waals surface area (Å²) in [6.07, 6.45) is 0.788. The van der Waals surface area contributed by atoms with Crippen LogP contribution < -0.4 is 14.8 Å². The molecule has 0 fully saturated rings. The van der Waals surface area contributed by atoms with Crippen LogP contribution in [0.4, 0.5) is 10.5 Å². The second kappa shape index (κ2) is 7.74. The first-order valence-corrected chi connectivity index (χ1v) is 9.67. The molecule has 5 nitrogen and oxygen atoms in total. The van der Waals surface area contributed by atoms with Crippen molar-refractivity contribution in [2.24, 2.45) is 0 Å². The van der Waals surface area contributed by atoms with Gasteiger partial charge in [-0.05, 0) is 59.7 Å². The fourth-order valence-corrected chi connectivity index (χ4v) is 3.67. The van der Waals surface area contributed by atoms with Crippen molar-refractivity contribution >= 4 is 11.7 Å². The molecular formula is C23H30N2O3. The van der Waals surface area contributed by atoms with Crippen molar-refractivity contribution < 1.29 is 14.3 Å². The maximum absolute atomic E-state index is 12.9. The number of amides is 2. The topological polar surface area (TPSA) is 50.8 Å². The smallest absolute Gasteiger partial charge is 0.322 e. The van der Waals surface area contributed by atoms with Gasteiger partial charge in [-0.15, -0.1) is 0 Å². The summed E-state index contributed by atoms with van der Waals surface area (Å²) in [5.74, 6) is 1.42. The Bertz CT molecular complexity index is 853. The Morgan fingerprint density at radius 2 is 1.68 bits per heavy atom. The van der Waals surface area contributed by atoms with E-state index < -0.39 is 0 Å². The van der Waals surface area contributed by atoms with Crippen molar-refractivity contribution in [1.29, 1.82) is 0 Å². The Labute approximate surface area is 167 Å². The number of nitrogens with zero attached hydrogens (tertiary/aromatic N) is 1. The number of methoxy groups -OCH3 is 2. The quantitative estimate of drug-likeness (QED) is 0.798. The molecule has 1 heterocycles. The predicted molar refractivity (Wildman–Crippen MR) is 113 cm³/mol. The second-order valence-electron chi connectivity index (χ2n) is 8.28. The molecule has 1 aliphatic heterocycles. The fourth-order valence-electron chi connectivity index (χ4n) is 3.67. The Morgan fingerprint density at radius 3 is 2.25 bits per heavy atom. The van der Waals surface area contributed by atoms with Gasteiger partial charge in [0.2, 0.25) is 0 Å². The van der Waals surface area contributed by atoms with E-state index in [-0.39, 0.29) is 17.5 Å². The molecule has 0 spiro atoms. The monoisotopic (exact) mass is 382 g/mol. The van der Waals surface area contributed by atoms with Crippen molar-refractivity contribution in [3.63, 3.8) is 0 Å². The molecule has 3 rings (SSSR count). The van der Waals surface area contributed by atoms with Gasteiger partial charge in [0.05, 0.1) is 20.3 Å². The number of hydrogen-bond acceptors (Lipinski definition) is 3. The Morgan fingerprint density at radius 1 is 1.07 bits per heavy atom. The molecule has 2 amide bonds. The molecule has 0 aromatic heterocycles. The third kappa shape index (κ3) is 3.93. The minimum absolute atomic E-state index is 0.0441. The van der Waals surface area contributed by atoms with Crippen LogP contribution in [0.15, 0.2) is 36.4 Å². The molecule has 2 aromatic carbocycles. The number of carbonyl (C=O) groups excluding carboxylic acids is 1. The van der Waals surface area contributed by atoms with Crippen LogP contribution >= 0.6 is 0 Å². The number of rotatable bonds is 3. The van der Waals surface area contributed by atoms with Crippen LogP contribution in [0, 0.1) is 0 Å². The normalized spacial score (nSPS) is 16.4. The van der Waals surface area contributed by atoms with Gasteiger partial charge in [-0.2, -0.15) is 0 Å². The lowest BCUT2D eigenvalue weighted by Gasteiger charge is -2.35. The Balaban J connectivity index is 1.77. The van der Waals surface area contributed by atoms with Crippen molar-refractivity contribution in [3.8, 4) is 11.5 Å². The Hall–Kier alpha value is -2.69. The molecule has 0 saturated carbocycles. The first-order chi connectivity index (χ1) is 13.2. The van der Waals surface area contributed by atoms with E-state index in [1.807, 2.05) is 36.1 Å². The molecule has 5 heteroatoms. The lowest BCUT2D eigenvalue weighted by Crippen LogP contribution is -2.41. The zero-order chi connectivity index (χ0) is 20.5. The molecule has 1 N–H and O–H groups in total. The molecule has 0 saturated heterocycles. The van der Waals surface area contributed by atoms with Crippen molar-refractivity contribution in [1.82, 2.24) is 4.90 Å². The van der Waals surface area contributed by atoms with E-state index in [1.54, 1.807) is 14.2 Å². The van der Waals surface area contributed by atoms with E-state index in [0.717, 1.165) is 23.4 Å². The maximum Gasteiger partial charge on any atom is 0.322 e. The van der Waals surface area contributed by atoms with Gasteiger partial charge in [-0.3, -0.25) is 0 Å². The highest BCUT2D eigenvalue weighted by Crippen LogP contribution is 2.38. The van der Waals surface area contributed by atoms with Crippen LogP contribution in [0.25, 0.3) is 0 Å². The number of fused-ring (bicyclic) bond motifs is 1. The molecule has 0 radical (unpaired) electrons. The fraction of sp³-hybridized carbons (Fsp3) is 0.435. The highest BCUT2D eigenvalue weighted by molar-refractivity contribution is 5.89. The van der Waals surface area contributed by atoms with E-state index in [0.29, 0.717) is 12.3 Å². The van der Waals surface area contributed by atoms with E-state index in [2.05, 4.69) is 38.2 Å². The molecule has 150 valence electrons. The maximum atomic E-state index is 12.9. The minimum Gasteiger partial charge on any atom is -0.493 e. The number of ether oxygens (including phenoxy) is 2. The molecule has 0 bridgehead atoms. The van der Waals surface area contributed by atoms with Crippen LogP contribution in [-0.4, -0.2) is 31.7 Å². The van der Waals surface area contributed by atoms with E-state index in [4.69, 9.17) is 9.47 Å². The molecule has 0 unspecified atom stereocenters. The number of hydrogen-bond donors (Lipinski definition) is 1. The lowest BCUT2D eigenvalue weighted by molar-refractivity contribution is 0.188. The third-order valence-corrected chi connectivity index (χ3v) is 5.45. The van der Waals surface area contributed by atoms with Gasteiger partial charge in [0.25, 0.3) is 0 Å². The average molecular weight is 383 g/mol. The average Bonchev–Trinajstić information content (AvgIpc) is 2.67. The standard InChI is InChI=1S/C23H30N2O3/c1-15-19-14-21(28-6)20(27-5)13-16(19)11-12-25(15)22(26)24-18-9-7-17(8-10-18)23(2,3)4/h7-10,13-15H,11-12H2,1-6H3,(H,24,26)/t15-/m0/s1. The van der Waals surface area contributed by atoms with E-state index in [9.17, 15) is 4.79 Å². The van der Waals surface area contributed by atoms with Gasteiger partial charge >= 0.3 is 6.03 Å². The van der Waals surface area contributed by atoms with Gasteiger partial charge in [-0.1, -0.05) is 32.9 Å². The second-order valence-corrected chi connectivity index (χ2v) is 8.28. The summed E-state index contributed by atoms with van der Waals surface area (Å²) < 4.78 is 10.8. The summed E-state index contributed by atoms with van der Waals surface area (Å²) in [4.78, 5) is 14.8. The van der Waals surface area contributed by atoms with Gasteiger partial charge in [0.15, 0.2) is 11.5 Å². The van der Waals surface area contributed by atoms with Gasteiger partial charge < -0.3 is 19.7 Å². The van der Waals surface area contributed by atoms with Crippen molar-refractivity contribution in [3.05, 3.63) is 53.1 Å². The summed E-state index contributed by atoms with van der Waals surface area (Å²) in [7, 11) is 3.27. The molecule has 2 aromatic rings. The summed E-state index contributed by atoms with van der Waals surface area (Å²) in [5.41, 5.74) is 4.44. The Kier molecular flexibility index (Phi) is 5.54. The third-order valence-electron chi connectivity index (χ3n) is 5.45. The van der Waals surface area contributed by atoms with Gasteiger partial charge in [-0.25, -0.2) is 4.79 Å². The molecule has 1 aliphatic rings. The summed E-state index contributed by atoms with van der Waals surface area (Å²) in [5, 5.41) is 3.03. The zero-order valence-corrected chi connectivity index (χ0v) is 17.6. The predicted octanol–water partition coefficient (Wildman–Crippen LogP) is 5.15. The molecule has 0 aliphatic carbocycles. The summed E-state index contributed by atoms with van der Waals surface area (Å²) in [6.45, 7) is 9.24. The first-order valence-electron chi connectivity index (χ1n) is 9.67. The molecular weight excluding hydrogens is 352 g/mol. The number of nitrogens with one attached hydrogen (secondary N) is 1. The van der Waals surface area contributed by atoms with Gasteiger partial charge in [0, 0.05) is 12.2 Å². The molecule has 28 heavy (non-hydrogen) atoms. The zero-order valence-electron chi connectivity index (χ0n) is 17.6.